The van der Waals surface area contributed by atoms with Crippen LogP contribution >= 0.6 is 0 Å². The molecule has 3 aliphatic rings. The number of nitrogens with zero attached hydrogens (tertiary/aromatic N) is 2. The number of fused-ring (bicyclic) bond motifs is 5. The normalized spacial score (nSPS) is 21.0. The molecule has 0 aromatic heterocycles. The molecule has 9 heteroatoms. The number of hydrogen-bond donors (Lipinski definition) is 0. The summed E-state index contributed by atoms with van der Waals surface area (Å²) in [7, 11) is 1.48. The third kappa shape index (κ3) is 3.64. The second kappa shape index (κ2) is 9.55. The van der Waals surface area contributed by atoms with Crippen LogP contribution in [0.2, 0.25) is 0 Å². The molecule has 212 valence electrons. The van der Waals surface area contributed by atoms with Crippen LogP contribution in [-0.4, -0.2) is 41.5 Å². The fourth-order valence-corrected chi connectivity index (χ4v) is 7.10. The van der Waals surface area contributed by atoms with Crippen LogP contribution in [0.4, 0.5) is 15.8 Å². The van der Waals surface area contributed by atoms with Gasteiger partial charge in [0.25, 0.3) is 5.69 Å². The Labute approximate surface area is 245 Å². The van der Waals surface area contributed by atoms with Crippen LogP contribution in [0.1, 0.15) is 48.1 Å². The molecule has 0 amide bonds. The quantitative estimate of drug-likeness (QED) is 0.123. The van der Waals surface area contributed by atoms with Gasteiger partial charge in [-0.2, -0.15) is 0 Å². The number of halogens is 1. The van der Waals surface area contributed by atoms with Gasteiger partial charge in [0, 0.05) is 46.0 Å². The van der Waals surface area contributed by atoms with E-state index in [1.807, 2.05) is 0 Å². The van der Waals surface area contributed by atoms with Gasteiger partial charge < -0.3 is 9.64 Å². The molecular weight excluding hydrogens is 551 g/mol. The lowest BCUT2D eigenvalue weighted by Crippen LogP contribution is -2.48. The smallest absolute Gasteiger partial charge is 0.269 e. The summed E-state index contributed by atoms with van der Waals surface area (Å²) in [5, 5.41) is 11.9. The molecule has 2 heterocycles. The minimum atomic E-state index is -1.83. The number of benzene rings is 4. The minimum absolute atomic E-state index is 0.232. The average molecular weight is 575 g/mol. The van der Waals surface area contributed by atoms with Gasteiger partial charge >= 0.3 is 0 Å². The first-order valence-corrected chi connectivity index (χ1v) is 13.6. The Morgan fingerprint density at radius 1 is 0.930 bits per heavy atom. The van der Waals surface area contributed by atoms with Gasteiger partial charge in [-0.1, -0.05) is 60.7 Å². The third-order valence-electron chi connectivity index (χ3n) is 8.83. The Morgan fingerprint density at radius 3 is 2.35 bits per heavy atom. The van der Waals surface area contributed by atoms with Crippen molar-refractivity contribution in [2.24, 2.45) is 5.41 Å². The molecule has 0 radical (unpaired) electrons. The Balaban J connectivity index is 1.56. The van der Waals surface area contributed by atoms with E-state index in [9.17, 15) is 28.9 Å². The van der Waals surface area contributed by atoms with Crippen molar-refractivity contribution < 1.29 is 28.4 Å². The van der Waals surface area contributed by atoms with E-state index in [2.05, 4.69) is 0 Å². The molecule has 0 bridgehead atoms. The van der Waals surface area contributed by atoms with Crippen LogP contribution in [0.3, 0.4) is 0 Å². The van der Waals surface area contributed by atoms with Crippen molar-refractivity contribution in [3.05, 3.63) is 141 Å². The number of ether oxygens (including phenoxy) is 1. The van der Waals surface area contributed by atoms with E-state index < -0.39 is 51.5 Å². The standard InChI is InChI=1S/C34H23FN2O6/c1-43-24-9-5-7-21(18-24)31(38)30-29(20-6-4-8-23(17-20)37(41)42)34(32(39)25-10-2-3-11-26(25)33(34)40)28-15-12-19-16-22(35)13-14-27(19)36(28)30/h2-18,28-30H,1H3/t28?,29-,30+/m1/s1. The second-order valence-corrected chi connectivity index (χ2v) is 10.9. The van der Waals surface area contributed by atoms with Crippen LogP contribution in [-0.2, 0) is 0 Å². The molecule has 0 N–H and O–H groups in total. The number of nitro groups is 1. The first-order valence-electron chi connectivity index (χ1n) is 13.6. The topological polar surface area (TPSA) is 107 Å². The lowest BCUT2D eigenvalue weighted by molar-refractivity contribution is -0.384. The van der Waals surface area contributed by atoms with Gasteiger partial charge in [-0.3, -0.25) is 24.5 Å². The fraction of sp³-hybridized carbons (Fsp3) is 0.147. The van der Waals surface area contributed by atoms with E-state index in [4.69, 9.17) is 4.74 Å². The summed E-state index contributed by atoms with van der Waals surface area (Å²) in [4.78, 5) is 57.1. The van der Waals surface area contributed by atoms with Crippen LogP contribution in [0.15, 0.2) is 97.1 Å². The molecule has 4 aromatic carbocycles. The van der Waals surface area contributed by atoms with Gasteiger partial charge in [-0.05, 0) is 35.9 Å². The van der Waals surface area contributed by atoms with E-state index in [-0.39, 0.29) is 22.4 Å². The number of methoxy groups -OCH3 is 1. The van der Waals surface area contributed by atoms with E-state index >= 15 is 0 Å². The van der Waals surface area contributed by atoms with Gasteiger partial charge in [0.05, 0.1) is 18.1 Å². The van der Waals surface area contributed by atoms with Gasteiger partial charge in [0.15, 0.2) is 17.3 Å². The highest BCUT2D eigenvalue weighted by Crippen LogP contribution is 2.61. The maximum atomic E-state index is 14.7. The minimum Gasteiger partial charge on any atom is -0.497 e. The summed E-state index contributed by atoms with van der Waals surface area (Å²) >= 11 is 0. The molecule has 4 aromatic rings. The van der Waals surface area contributed by atoms with Gasteiger partial charge in [0.1, 0.15) is 23.0 Å². The molecular formula is C34H23FN2O6. The lowest BCUT2D eigenvalue weighted by atomic mass is 9.64. The molecule has 1 aliphatic carbocycles. The largest absolute Gasteiger partial charge is 0.497 e. The molecule has 1 fully saturated rings. The predicted octanol–water partition coefficient (Wildman–Crippen LogP) is 6.06. The van der Waals surface area contributed by atoms with Crippen molar-refractivity contribution in [1.82, 2.24) is 0 Å². The monoisotopic (exact) mass is 574 g/mol. The van der Waals surface area contributed by atoms with Crippen LogP contribution in [0, 0.1) is 21.3 Å². The summed E-state index contributed by atoms with van der Waals surface area (Å²) in [5.74, 6) is -2.53. The zero-order valence-corrected chi connectivity index (χ0v) is 22.8. The van der Waals surface area contributed by atoms with Crippen molar-refractivity contribution in [2.45, 2.75) is 18.0 Å². The van der Waals surface area contributed by atoms with E-state index in [1.54, 1.807) is 71.6 Å². The van der Waals surface area contributed by atoms with E-state index in [0.29, 0.717) is 22.6 Å². The van der Waals surface area contributed by atoms with Crippen LogP contribution in [0.25, 0.3) is 6.08 Å². The Bertz CT molecular complexity index is 1880. The fourth-order valence-electron chi connectivity index (χ4n) is 7.10. The summed E-state index contributed by atoms with van der Waals surface area (Å²) in [6, 6.07) is 20.8. The highest BCUT2D eigenvalue weighted by Gasteiger charge is 2.71. The summed E-state index contributed by atoms with van der Waals surface area (Å²) in [5.41, 5.74) is -0.0878. The molecule has 8 nitrogen and oxygen atoms in total. The Hall–Kier alpha value is -5.44. The lowest BCUT2D eigenvalue weighted by Gasteiger charge is -2.37. The van der Waals surface area contributed by atoms with Gasteiger partial charge in [0.2, 0.25) is 0 Å². The Morgan fingerprint density at radius 2 is 1.65 bits per heavy atom. The molecule has 3 atom stereocenters. The zero-order chi connectivity index (χ0) is 30.0. The summed E-state index contributed by atoms with van der Waals surface area (Å²) < 4.78 is 19.8. The van der Waals surface area contributed by atoms with Crippen molar-refractivity contribution in [2.75, 3.05) is 12.0 Å². The third-order valence-corrected chi connectivity index (χ3v) is 8.83. The molecule has 1 unspecified atom stereocenters. The van der Waals surface area contributed by atoms with Crippen molar-refractivity contribution >= 4 is 34.8 Å². The van der Waals surface area contributed by atoms with Crippen molar-refractivity contribution in [3.63, 3.8) is 0 Å². The number of hydrogen-bond acceptors (Lipinski definition) is 7. The molecule has 7 rings (SSSR count). The predicted molar refractivity (Wildman–Crippen MR) is 156 cm³/mol. The SMILES string of the molecule is COc1cccc(C(=O)[C@@H]2[C@@H](c3cccc([N+](=O)[O-])c3)C3(C(=O)c4ccccc4C3=O)C3C=Cc4cc(F)ccc4N32)c1. The van der Waals surface area contributed by atoms with Gasteiger partial charge in [-0.15, -0.1) is 0 Å². The summed E-state index contributed by atoms with van der Waals surface area (Å²) in [6.45, 7) is 0. The zero-order valence-electron chi connectivity index (χ0n) is 22.8. The van der Waals surface area contributed by atoms with Gasteiger partial charge in [-0.25, -0.2) is 4.39 Å². The first kappa shape index (κ1) is 26.5. The summed E-state index contributed by atoms with van der Waals surface area (Å²) in [6.07, 6.45) is 3.33. The maximum Gasteiger partial charge on any atom is 0.269 e. The van der Waals surface area contributed by atoms with Crippen LogP contribution in [0.5, 0.6) is 5.75 Å². The molecule has 1 spiro atoms. The first-order chi connectivity index (χ1) is 20.8. The van der Waals surface area contributed by atoms with Crippen molar-refractivity contribution in [3.8, 4) is 5.75 Å². The number of rotatable bonds is 5. The number of nitro benzene ring substituents is 1. The number of ketones is 3. The number of anilines is 1. The molecule has 0 saturated carbocycles. The Kier molecular flexibility index (Phi) is 5.88. The molecule has 2 aliphatic heterocycles. The second-order valence-electron chi connectivity index (χ2n) is 10.9. The highest BCUT2D eigenvalue weighted by molar-refractivity contribution is 6.32. The molecule has 43 heavy (non-hydrogen) atoms. The number of Topliss-reactive ketones (excluding diaryl/α,β-unsaturated/α-hetero) is 3. The number of non-ortho nitro benzene ring substituents is 1. The molecule has 1 saturated heterocycles. The van der Waals surface area contributed by atoms with E-state index in [0.717, 1.165) is 0 Å². The van der Waals surface area contributed by atoms with Crippen molar-refractivity contribution in [1.29, 1.82) is 0 Å². The number of carbonyl (C=O) groups is 3. The number of carbonyl (C=O) groups excluding carboxylic acids is 3. The van der Waals surface area contributed by atoms with Crippen LogP contribution < -0.4 is 9.64 Å². The maximum absolute atomic E-state index is 14.7. The van der Waals surface area contributed by atoms with E-state index in [1.165, 1.54) is 43.5 Å². The highest BCUT2D eigenvalue weighted by atomic mass is 19.1. The average Bonchev–Trinajstić information content (AvgIpc) is 3.46.